The minimum Gasteiger partial charge on any atom is -0.353 e. The Morgan fingerprint density at radius 2 is 1.96 bits per heavy atom. The summed E-state index contributed by atoms with van der Waals surface area (Å²) in [5.74, 6) is -0.164. The Balaban J connectivity index is 1.68. The van der Waals surface area contributed by atoms with Gasteiger partial charge in [-0.2, -0.15) is 5.10 Å². The van der Waals surface area contributed by atoms with E-state index in [0.29, 0.717) is 17.6 Å². The summed E-state index contributed by atoms with van der Waals surface area (Å²) in [6, 6.07) is 0. The largest absolute Gasteiger partial charge is 0.353 e. The van der Waals surface area contributed by atoms with Gasteiger partial charge < -0.3 is 10.2 Å². The van der Waals surface area contributed by atoms with Crippen LogP contribution >= 0.6 is 0 Å². The molecule has 3 rings (SSSR count). The lowest BCUT2D eigenvalue weighted by Crippen LogP contribution is -2.53. The van der Waals surface area contributed by atoms with Crippen molar-refractivity contribution in [2.45, 2.75) is 50.6 Å². The Kier molecular flexibility index (Phi) is 5.41. The summed E-state index contributed by atoms with van der Waals surface area (Å²) in [5, 5.41) is 7.52. The van der Waals surface area contributed by atoms with Crippen LogP contribution in [0.4, 0.5) is 0 Å². The van der Waals surface area contributed by atoms with Crippen molar-refractivity contribution in [3.05, 3.63) is 22.9 Å². The number of rotatable bonds is 5. The van der Waals surface area contributed by atoms with Crippen LogP contribution in [0.3, 0.4) is 0 Å². The highest BCUT2D eigenvalue weighted by Gasteiger charge is 2.33. The van der Waals surface area contributed by atoms with Crippen molar-refractivity contribution in [3.63, 3.8) is 0 Å². The molecule has 0 bridgehead atoms. The predicted molar refractivity (Wildman–Crippen MR) is 99.9 cm³/mol. The Morgan fingerprint density at radius 1 is 1.27 bits per heavy atom. The maximum absolute atomic E-state index is 12.5. The fraction of sp³-hybridized carbons (Fsp3) is 0.667. The third kappa shape index (κ3) is 3.65. The average molecular weight is 360 g/mol. The second-order valence-electron chi connectivity index (χ2n) is 7.49. The van der Waals surface area contributed by atoms with Crippen molar-refractivity contribution in [2.24, 2.45) is 7.05 Å². The first kappa shape index (κ1) is 18.6. The monoisotopic (exact) mass is 360 g/mol. The third-order valence-corrected chi connectivity index (χ3v) is 5.63. The van der Waals surface area contributed by atoms with Gasteiger partial charge in [-0.1, -0.05) is 25.7 Å². The zero-order valence-corrected chi connectivity index (χ0v) is 15.9. The molecular weight excluding hydrogens is 332 g/mol. The van der Waals surface area contributed by atoms with Gasteiger partial charge in [-0.15, -0.1) is 0 Å². The van der Waals surface area contributed by atoms with E-state index in [-0.39, 0.29) is 23.6 Å². The highest BCUT2D eigenvalue weighted by atomic mass is 16.2. The molecule has 0 atom stereocenters. The molecule has 1 aliphatic carbocycles. The van der Waals surface area contributed by atoms with E-state index in [1.54, 1.807) is 11.7 Å². The van der Waals surface area contributed by atoms with Crippen molar-refractivity contribution >= 4 is 16.9 Å². The number of likely N-dealkylation sites (N-methyl/N-ethyl adjacent to an activating group) is 1. The second-order valence-corrected chi connectivity index (χ2v) is 7.49. The topological polar surface area (TPSA) is 85.1 Å². The standard InChI is InChI=1S/C18H28N6O2/c1-22(2)18(8-6-4-5-7-9-18)12-19-15(25)11-24-13-20-16-14(17(24)26)10-21-23(16)3/h10,13H,4-9,11-12H2,1-3H3,(H,19,25). The fourth-order valence-electron chi connectivity index (χ4n) is 3.82. The first-order valence-corrected chi connectivity index (χ1v) is 9.24. The molecule has 1 amide bonds. The Morgan fingerprint density at radius 3 is 2.62 bits per heavy atom. The van der Waals surface area contributed by atoms with Crippen LogP contribution in [-0.2, 0) is 18.4 Å². The summed E-state index contributed by atoms with van der Waals surface area (Å²) in [5.41, 5.74) is 0.287. The first-order valence-electron chi connectivity index (χ1n) is 9.24. The molecule has 0 spiro atoms. The molecule has 0 radical (unpaired) electrons. The molecule has 142 valence electrons. The maximum atomic E-state index is 12.5. The molecule has 0 saturated heterocycles. The van der Waals surface area contributed by atoms with Gasteiger partial charge in [0.15, 0.2) is 5.65 Å². The van der Waals surface area contributed by atoms with Crippen molar-refractivity contribution in [3.8, 4) is 0 Å². The van der Waals surface area contributed by atoms with E-state index >= 15 is 0 Å². The number of nitrogens with one attached hydrogen (secondary N) is 1. The lowest BCUT2D eigenvalue weighted by Gasteiger charge is -2.39. The van der Waals surface area contributed by atoms with Gasteiger partial charge in [-0.3, -0.25) is 18.8 Å². The number of aromatic nitrogens is 4. The van der Waals surface area contributed by atoms with Gasteiger partial charge in [-0.25, -0.2) is 4.98 Å². The van der Waals surface area contributed by atoms with Crippen LogP contribution in [0.5, 0.6) is 0 Å². The van der Waals surface area contributed by atoms with Crippen molar-refractivity contribution in [2.75, 3.05) is 20.6 Å². The number of hydrogen-bond donors (Lipinski definition) is 1. The van der Waals surface area contributed by atoms with Crippen LogP contribution in [0, 0.1) is 0 Å². The molecule has 26 heavy (non-hydrogen) atoms. The third-order valence-electron chi connectivity index (χ3n) is 5.63. The van der Waals surface area contributed by atoms with Crippen molar-refractivity contribution < 1.29 is 4.79 Å². The van der Waals surface area contributed by atoms with Crippen molar-refractivity contribution in [1.29, 1.82) is 0 Å². The van der Waals surface area contributed by atoms with Gasteiger partial charge in [0.2, 0.25) is 5.91 Å². The zero-order valence-electron chi connectivity index (χ0n) is 15.9. The van der Waals surface area contributed by atoms with Crippen LogP contribution in [0.1, 0.15) is 38.5 Å². The van der Waals surface area contributed by atoms with E-state index in [0.717, 1.165) is 12.8 Å². The molecule has 0 aromatic carbocycles. The highest BCUT2D eigenvalue weighted by molar-refractivity contribution is 5.77. The number of fused-ring (bicyclic) bond motifs is 1. The summed E-state index contributed by atoms with van der Waals surface area (Å²) < 4.78 is 2.89. The summed E-state index contributed by atoms with van der Waals surface area (Å²) in [6.45, 7) is 0.580. The molecule has 1 fully saturated rings. The maximum Gasteiger partial charge on any atom is 0.264 e. The van der Waals surface area contributed by atoms with Crippen LogP contribution < -0.4 is 10.9 Å². The number of nitrogens with zero attached hydrogens (tertiary/aromatic N) is 5. The van der Waals surface area contributed by atoms with Gasteiger partial charge in [-0.05, 0) is 26.9 Å². The zero-order chi connectivity index (χ0) is 18.7. The van der Waals surface area contributed by atoms with Crippen LogP contribution in [0.2, 0.25) is 0 Å². The van der Waals surface area contributed by atoms with E-state index < -0.39 is 0 Å². The normalized spacial score (nSPS) is 17.4. The minimum atomic E-state index is -0.241. The summed E-state index contributed by atoms with van der Waals surface area (Å²) in [4.78, 5) is 31.4. The quantitative estimate of drug-likeness (QED) is 0.801. The molecule has 2 aromatic rings. The molecule has 8 nitrogen and oxygen atoms in total. The highest BCUT2D eigenvalue weighted by Crippen LogP contribution is 2.30. The average Bonchev–Trinajstić information content (AvgIpc) is 2.83. The first-order chi connectivity index (χ1) is 12.4. The number of carbonyl (C=O) groups excluding carboxylic acids is 1. The van der Waals surface area contributed by atoms with Gasteiger partial charge in [0.1, 0.15) is 18.3 Å². The van der Waals surface area contributed by atoms with Gasteiger partial charge >= 0.3 is 0 Å². The van der Waals surface area contributed by atoms with Gasteiger partial charge in [0.05, 0.1) is 6.20 Å². The number of aryl methyl sites for hydroxylation is 1. The predicted octanol–water partition coefficient (Wildman–Crippen LogP) is 0.901. The molecule has 0 unspecified atom stereocenters. The van der Waals surface area contributed by atoms with E-state index in [1.165, 1.54) is 42.8 Å². The molecule has 1 saturated carbocycles. The second kappa shape index (κ2) is 7.57. The molecule has 1 aliphatic rings. The molecule has 2 aromatic heterocycles. The lowest BCUT2D eigenvalue weighted by atomic mass is 9.88. The van der Waals surface area contributed by atoms with Crippen LogP contribution in [0.15, 0.2) is 17.3 Å². The molecule has 1 N–H and O–H groups in total. The van der Waals surface area contributed by atoms with Crippen LogP contribution in [0.25, 0.3) is 11.0 Å². The van der Waals surface area contributed by atoms with E-state index in [4.69, 9.17) is 0 Å². The Bertz CT molecular complexity index is 830. The smallest absolute Gasteiger partial charge is 0.264 e. The summed E-state index contributed by atoms with van der Waals surface area (Å²) in [6.07, 6.45) is 9.98. The fourth-order valence-corrected chi connectivity index (χ4v) is 3.82. The molecule has 2 heterocycles. The van der Waals surface area contributed by atoms with Crippen LogP contribution in [-0.4, -0.2) is 56.3 Å². The summed E-state index contributed by atoms with van der Waals surface area (Å²) >= 11 is 0. The Labute approximate surface area is 153 Å². The van der Waals surface area contributed by atoms with E-state index in [1.807, 2.05) is 0 Å². The Hall–Kier alpha value is -2.22. The SMILES string of the molecule is CN(C)C1(CNC(=O)Cn2cnc3c(cnn3C)c2=O)CCCCCC1. The van der Waals surface area contributed by atoms with E-state index in [2.05, 4.69) is 34.4 Å². The minimum absolute atomic E-state index is 0.00265. The number of hydrogen-bond acceptors (Lipinski definition) is 5. The summed E-state index contributed by atoms with van der Waals surface area (Å²) in [7, 11) is 5.91. The molecule has 0 aliphatic heterocycles. The van der Waals surface area contributed by atoms with Gasteiger partial charge in [0, 0.05) is 19.1 Å². The van der Waals surface area contributed by atoms with Crippen molar-refractivity contribution in [1.82, 2.24) is 29.5 Å². The molecule has 8 heteroatoms. The number of amides is 1. The van der Waals surface area contributed by atoms with E-state index in [9.17, 15) is 9.59 Å². The lowest BCUT2D eigenvalue weighted by molar-refractivity contribution is -0.122. The molecular formula is C18H28N6O2. The number of carbonyl (C=O) groups is 1. The van der Waals surface area contributed by atoms with Gasteiger partial charge in [0.25, 0.3) is 5.56 Å².